The van der Waals surface area contributed by atoms with Crippen LogP contribution in [0.2, 0.25) is 0 Å². The maximum Gasteiger partial charge on any atom is 0.354 e. The van der Waals surface area contributed by atoms with E-state index in [4.69, 9.17) is 5.11 Å². The number of hydrogen-bond acceptors (Lipinski definition) is 3. The van der Waals surface area contributed by atoms with E-state index in [1.807, 2.05) is 44.2 Å². The Hall–Kier alpha value is -2.69. The van der Waals surface area contributed by atoms with E-state index < -0.39 is 5.97 Å². The lowest BCUT2D eigenvalue weighted by Gasteiger charge is -2.20. The molecule has 0 aliphatic heterocycles. The van der Waals surface area contributed by atoms with E-state index in [0.717, 1.165) is 5.56 Å². The van der Waals surface area contributed by atoms with Crippen molar-refractivity contribution in [1.29, 1.82) is 0 Å². The molecule has 0 spiro atoms. The van der Waals surface area contributed by atoms with E-state index in [2.05, 4.69) is 10.3 Å². The molecule has 1 aromatic carbocycles. The fourth-order valence-electron chi connectivity index (χ4n) is 2.31. The van der Waals surface area contributed by atoms with Crippen molar-refractivity contribution in [2.75, 3.05) is 5.32 Å². The van der Waals surface area contributed by atoms with Crippen LogP contribution in [0.25, 0.3) is 0 Å². The number of aromatic carboxylic acids is 1. The highest BCUT2D eigenvalue weighted by Gasteiger charge is 2.24. The van der Waals surface area contributed by atoms with Crippen molar-refractivity contribution in [3.05, 3.63) is 59.9 Å². The summed E-state index contributed by atoms with van der Waals surface area (Å²) in [5.74, 6) is -1.37. The summed E-state index contributed by atoms with van der Waals surface area (Å²) in [6.45, 7) is 3.98. The van der Waals surface area contributed by atoms with Gasteiger partial charge in [-0.3, -0.25) is 4.79 Å². The van der Waals surface area contributed by atoms with Gasteiger partial charge in [0.25, 0.3) is 0 Å². The van der Waals surface area contributed by atoms with E-state index >= 15 is 0 Å². The number of rotatable bonds is 5. The summed E-state index contributed by atoms with van der Waals surface area (Å²) in [5.41, 5.74) is 1.38. The topological polar surface area (TPSA) is 79.3 Å². The lowest BCUT2D eigenvalue weighted by molar-refractivity contribution is -0.118. The first-order chi connectivity index (χ1) is 10.5. The van der Waals surface area contributed by atoms with Gasteiger partial charge in [0.1, 0.15) is 5.69 Å². The predicted molar refractivity (Wildman–Crippen MR) is 83.8 cm³/mol. The molecule has 2 rings (SSSR count). The Morgan fingerprint density at radius 3 is 2.27 bits per heavy atom. The number of carbonyl (C=O) groups is 2. The van der Waals surface area contributed by atoms with E-state index in [0.29, 0.717) is 5.69 Å². The van der Waals surface area contributed by atoms with Gasteiger partial charge in [-0.2, -0.15) is 0 Å². The third kappa shape index (κ3) is 3.69. The largest absolute Gasteiger partial charge is 0.477 e. The molecule has 0 radical (unpaired) electrons. The van der Waals surface area contributed by atoms with Gasteiger partial charge in [0.15, 0.2) is 0 Å². The highest BCUT2D eigenvalue weighted by atomic mass is 16.4. The molecule has 114 valence electrons. The summed E-state index contributed by atoms with van der Waals surface area (Å²) in [5, 5.41) is 11.6. The number of aromatic nitrogens is 1. The van der Waals surface area contributed by atoms with Crippen molar-refractivity contribution < 1.29 is 14.7 Å². The first-order valence-electron chi connectivity index (χ1n) is 7.04. The van der Waals surface area contributed by atoms with E-state index in [1.54, 1.807) is 0 Å². The Morgan fingerprint density at radius 2 is 1.77 bits per heavy atom. The number of pyridine rings is 1. The zero-order valence-corrected chi connectivity index (χ0v) is 12.5. The molecule has 0 bridgehead atoms. The number of amides is 1. The molecule has 5 heteroatoms. The fraction of sp³-hybridized carbons (Fsp3) is 0.235. The Morgan fingerprint density at radius 1 is 1.09 bits per heavy atom. The molecule has 0 fully saturated rings. The van der Waals surface area contributed by atoms with Crippen LogP contribution in [0.3, 0.4) is 0 Å². The molecule has 1 aromatic heterocycles. The molecule has 22 heavy (non-hydrogen) atoms. The number of hydrogen-bond donors (Lipinski definition) is 2. The predicted octanol–water partition coefficient (Wildman–Crippen LogP) is 3.16. The van der Waals surface area contributed by atoms with Crippen molar-refractivity contribution in [2.24, 2.45) is 5.92 Å². The minimum Gasteiger partial charge on any atom is -0.477 e. The van der Waals surface area contributed by atoms with Gasteiger partial charge in [-0.15, -0.1) is 0 Å². The number of nitrogens with one attached hydrogen (secondary N) is 1. The highest BCUT2D eigenvalue weighted by Crippen LogP contribution is 2.25. The maximum atomic E-state index is 12.5. The van der Waals surface area contributed by atoms with Gasteiger partial charge in [-0.1, -0.05) is 44.2 Å². The van der Waals surface area contributed by atoms with Gasteiger partial charge >= 0.3 is 5.97 Å². The number of benzene rings is 1. The molecule has 5 nitrogen and oxygen atoms in total. The molecule has 2 aromatic rings. The Kier molecular flexibility index (Phi) is 4.88. The van der Waals surface area contributed by atoms with E-state index in [1.165, 1.54) is 18.3 Å². The molecule has 0 unspecified atom stereocenters. The van der Waals surface area contributed by atoms with Crippen LogP contribution in [-0.4, -0.2) is 22.0 Å². The third-order valence-electron chi connectivity index (χ3n) is 3.36. The number of carboxylic acids is 1. The summed E-state index contributed by atoms with van der Waals surface area (Å²) < 4.78 is 0. The summed E-state index contributed by atoms with van der Waals surface area (Å²) in [4.78, 5) is 27.1. The van der Waals surface area contributed by atoms with Gasteiger partial charge in [0, 0.05) is 0 Å². The van der Waals surface area contributed by atoms with E-state index in [-0.39, 0.29) is 23.4 Å². The fourth-order valence-corrected chi connectivity index (χ4v) is 2.31. The molecule has 1 atom stereocenters. The lowest BCUT2D eigenvalue weighted by atomic mass is 9.87. The zero-order valence-electron chi connectivity index (χ0n) is 12.5. The average molecular weight is 298 g/mol. The summed E-state index contributed by atoms with van der Waals surface area (Å²) in [6, 6.07) is 12.5. The highest BCUT2D eigenvalue weighted by molar-refractivity contribution is 5.96. The minimum absolute atomic E-state index is 0.0542. The SMILES string of the molecule is CC(C)[C@@H](C(=O)Nc1ccc(C(=O)O)nc1)c1ccccc1. The first kappa shape index (κ1) is 15.7. The quantitative estimate of drug-likeness (QED) is 0.888. The average Bonchev–Trinajstić information content (AvgIpc) is 2.48. The van der Waals surface area contributed by atoms with Crippen LogP contribution in [0.1, 0.15) is 35.8 Å². The van der Waals surface area contributed by atoms with Gasteiger partial charge in [-0.05, 0) is 23.6 Å². The minimum atomic E-state index is -1.10. The summed E-state index contributed by atoms with van der Waals surface area (Å²) in [7, 11) is 0. The van der Waals surface area contributed by atoms with Crippen LogP contribution < -0.4 is 5.32 Å². The van der Waals surface area contributed by atoms with Crippen LogP contribution in [0.15, 0.2) is 48.7 Å². The van der Waals surface area contributed by atoms with Gasteiger partial charge in [0.05, 0.1) is 17.8 Å². The third-order valence-corrected chi connectivity index (χ3v) is 3.36. The second-order valence-corrected chi connectivity index (χ2v) is 5.36. The lowest BCUT2D eigenvalue weighted by Crippen LogP contribution is -2.25. The Bertz CT molecular complexity index is 651. The first-order valence-corrected chi connectivity index (χ1v) is 7.04. The molecule has 0 aliphatic carbocycles. The molecule has 0 saturated heterocycles. The van der Waals surface area contributed by atoms with Crippen LogP contribution in [0.5, 0.6) is 0 Å². The molecular formula is C17H18N2O3. The smallest absolute Gasteiger partial charge is 0.354 e. The van der Waals surface area contributed by atoms with Crippen LogP contribution in [0, 0.1) is 5.92 Å². The van der Waals surface area contributed by atoms with Gasteiger partial charge in [-0.25, -0.2) is 9.78 Å². The van der Waals surface area contributed by atoms with Crippen molar-refractivity contribution in [2.45, 2.75) is 19.8 Å². The normalized spacial score (nSPS) is 12.0. The van der Waals surface area contributed by atoms with Crippen LogP contribution in [-0.2, 0) is 4.79 Å². The van der Waals surface area contributed by atoms with Gasteiger partial charge in [0.2, 0.25) is 5.91 Å². The second kappa shape index (κ2) is 6.85. The van der Waals surface area contributed by atoms with Crippen molar-refractivity contribution in [1.82, 2.24) is 4.98 Å². The zero-order chi connectivity index (χ0) is 16.1. The molecular weight excluding hydrogens is 280 g/mol. The number of anilines is 1. The monoisotopic (exact) mass is 298 g/mol. The molecule has 2 N–H and O–H groups in total. The second-order valence-electron chi connectivity index (χ2n) is 5.36. The van der Waals surface area contributed by atoms with Crippen molar-refractivity contribution in [3.63, 3.8) is 0 Å². The Labute approximate surface area is 129 Å². The van der Waals surface area contributed by atoms with Crippen molar-refractivity contribution in [3.8, 4) is 0 Å². The van der Waals surface area contributed by atoms with Crippen molar-refractivity contribution >= 4 is 17.6 Å². The summed E-state index contributed by atoms with van der Waals surface area (Å²) in [6.07, 6.45) is 1.35. The number of carbonyl (C=O) groups excluding carboxylic acids is 1. The number of nitrogens with zero attached hydrogens (tertiary/aromatic N) is 1. The molecule has 1 amide bonds. The molecule has 1 heterocycles. The molecule has 0 aliphatic rings. The number of carboxylic acid groups (broad SMARTS) is 1. The van der Waals surface area contributed by atoms with Crippen LogP contribution >= 0.6 is 0 Å². The maximum absolute atomic E-state index is 12.5. The van der Waals surface area contributed by atoms with E-state index in [9.17, 15) is 9.59 Å². The van der Waals surface area contributed by atoms with Crippen LogP contribution in [0.4, 0.5) is 5.69 Å². The molecule has 0 saturated carbocycles. The standard InChI is InChI=1S/C17H18N2O3/c1-11(2)15(12-6-4-3-5-7-12)16(20)19-13-8-9-14(17(21)22)18-10-13/h3-11,15H,1-2H3,(H,19,20)(H,21,22)/t15-/m1/s1. The van der Waals surface area contributed by atoms with Gasteiger partial charge < -0.3 is 10.4 Å². The Balaban J connectivity index is 2.16. The summed E-state index contributed by atoms with van der Waals surface area (Å²) >= 11 is 0.